The first-order valence-electron chi connectivity index (χ1n) is 5.34. The number of nitrogens with one attached hydrogen (secondary N) is 2. The van der Waals surface area contributed by atoms with Crippen molar-refractivity contribution in [2.45, 2.75) is 0 Å². The van der Waals surface area contributed by atoms with Crippen molar-refractivity contribution < 1.29 is 0 Å². The Kier molecular flexibility index (Phi) is 3.66. The molecule has 0 aliphatic carbocycles. The second-order valence-corrected chi connectivity index (χ2v) is 4.00. The van der Waals surface area contributed by atoms with Gasteiger partial charge < -0.3 is 10.6 Å². The molecule has 0 bridgehead atoms. The third-order valence-electron chi connectivity index (χ3n) is 2.36. The number of nitrogens with zero attached hydrogens (tertiary/aromatic N) is 2. The molecule has 4 nitrogen and oxygen atoms in total. The van der Waals surface area contributed by atoms with Crippen LogP contribution in [0.1, 0.15) is 5.56 Å². The van der Waals surface area contributed by atoms with Gasteiger partial charge in [0.25, 0.3) is 0 Å². The summed E-state index contributed by atoms with van der Waals surface area (Å²) in [6, 6.07) is 12.7. The first kappa shape index (κ1) is 12.2. The van der Waals surface area contributed by atoms with Crippen molar-refractivity contribution in [1.82, 2.24) is 4.98 Å². The molecule has 0 saturated heterocycles. The predicted octanol–water partition coefficient (Wildman–Crippen LogP) is 3.39. The number of hydrogen-bond donors (Lipinski definition) is 2. The van der Waals surface area contributed by atoms with E-state index in [9.17, 15) is 0 Å². The Balaban J connectivity index is 2.30. The highest BCUT2D eigenvalue weighted by atomic mass is 35.5. The molecule has 1 aromatic carbocycles. The molecule has 5 heteroatoms. The summed E-state index contributed by atoms with van der Waals surface area (Å²) < 4.78 is 0. The summed E-state index contributed by atoms with van der Waals surface area (Å²) in [5.74, 6) is 1.42. The maximum absolute atomic E-state index is 8.85. The average Bonchev–Trinajstić information content (AvgIpc) is 2.41. The van der Waals surface area contributed by atoms with Crippen LogP contribution in [-0.2, 0) is 0 Å². The molecule has 0 spiro atoms. The molecule has 0 saturated carbocycles. The molecule has 1 aromatic heterocycles. The highest BCUT2D eigenvalue weighted by molar-refractivity contribution is 6.33. The van der Waals surface area contributed by atoms with Crippen LogP contribution in [0.5, 0.6) is 0 Å². The van der Waals surface area contributed by atoms with E-state index in [1.165, 1.54) is 0 Å². The van der Waals surface area contributed by atoms with Crippen LogP contribution in [0.15, 0.2) is 36.4 Å². The fourth-order valence-corrected chi connectivity index (χ4v) is 1.64. The minimum absolute atomic E-state index is 0.547. The van der Waals surface area contributed by atoms with Crippen LogP contribution in [0.25, 0.3) is 0 Å². The highest BCUT2D eigenvalue weighted by Gasteiger charge is 2.03. The van der Waals surface area contributed by atoms with E-state index in [-0.39, 0.29) is 0 Å². The van der Waals surface area contributed by atoms with Crippen molar-refractivity contribution >= 4 is 28.9 Å². The quantitative estimate of drug-likeness (QED) is 0.886. The molecule has 2 rings (SSSR count). The Hall–Kier alpha value is -2.25. The molecule has 0 fully saturated rings. The minimum Gasteiger partial charge on any atom is -0.373 e. The van der Waals surface area contributed by atoms with Crippen molar-refractivity contribution in [3.8, 4) is 6.07 Å². The molecule has 90 valence electrons. The summed E-state index contributed by atoms with van der Waals surface area (Å²) in [5, 5.41) is 15.4. The summed E-state index contributed by atoms with van der Waals surface area (Å²) in [4.78, 5) is 4.32. The molecule has 0 amide bonds. The number of hydrogen-bond acceptors (Lipinski definition) is 4. The molecule has 2 aromatic rings. The lowest BCUT2D eigenvalue weighted by Crippen LogP contribution is -1.98. The number of halogens is 1. The Bertz CT molecular complexity index is 604. The Morgan fingerprint density at radius 2 is 2.00 bits per heavy atom. The van der Waals surface area contributed by atoms with Gasteiger partial charge in [-0.3, -0.25) is 0 Å². The molecule has 0 unspecified atom stereocenters. The van der Waals surface area contributed by atoms with Gasteiger partial charge in [-0.2, -0.15) is 5.26 Å². The fraction of sp³-hybridized carbons (Fsp3) is 0.0769. The average molecular weight is 259 g/mol. The lowest BCUT2D eigenvalue weighted by molar-refractivity contribution is 1.27. The van der Waals surface area contributed by atoms with Crippen LogP contribution < -0.4 is 10.6 Å². The van der Waals surface area contributed by atoms with Crippen LogP contribution in [0, 0.1) is 11.3 Å². The molecular formula is C13H11ClN4. The Morgan fingerprint density at radius 3 is 2.72 bits per heavy atom. The number of aromatic nitrogens is 1. The number of pyridine rings is 1. The largest absolute Gasteiger partial charge is 0.373 e. The van der Waals surface area contributed by atoms with E-state index in [2.05, 4.69) is 21.7 Å². The maximum atomic E-state index is 8.85. The van der Waals surface area contributed by atoms with E-state index in [4.69, 9.17) is 16.9 Å². The summed E-state index contributed by atoms with van der Waals surface area (Å²) in [5.41, 5.74) is 1.21. The summed E-state index contributed by atoms with van der Waals surface area (Å²) in [7, 11) is 1.80. The SMILES string of the molecule is CNc1cccc(Nc2cc(C#N)ccc2Cl)n1. The van der Waals surface area contributed by atoms with E-state index >= 15 is 0 Å². The van der Waals surface area contributed by atoms with Gasteiger partial charge in [0, 0.05) is 7.05 Å². The van der Waals surface area contributed by atoms with Crippen LogP contribution >= 0.6 is 11.6 Å². The van der Waals surface area contributed by atoms with Gasteiger partial charge in [-0.1, -0.05) is 17.7 Å². The van der Waals surface area contributed by atoms with Gasteiger partial charge >= 0.3 is 0 Å². The second kappa shape index (κ2) is 5.39. The lowest BCUT2D eigenvalue weighted by Gasteiger charge is -2.09. The lowest BCUT2D eigenvalue weighted by atomic mass is 10.2. The van der Waals surface area contributed by atoms with Crippen molar-refractivity contribution in [3.63, 3.8) is 0 Å². The number of anilines is 3. The van der Waals surface area contributed by atoms with Gasteiger partial charge in [0.15, 0.2) is 0 Å². The highest BCUT2D eigenvalue weighted by Crippen LogP contribution is 2.26. The third kappa shape index (κ3) is 2.70. The fourth-order valence-electron chi connectivity index (χ4n) is 1.47. The predicted molar refractivity (Wildman–Crippen MR) is 73.2 cm³/mol. The molecule has 1 heterocycles. The monoisotopic (exact) mass is 258 g/mol. The summed E-state index contributed by atoms with van der Waals surface area (Å²) >= 11 is 6.06. The molecule has 0 aliphatic rings. The first-order chi connectivity index (χ1) is 8.72. The second-order valence-electron chi connectivity index (χ2n) is 3.59. The number of benzene rings is 1. The van der Waals surface area contributed by atoms with Crippen molar-refractivity contribution in [2.24, 2.45) is 0 Å². The summed E-state index contributed by atoms with van der Waals surface area (Å²) in [6.07, 6.45) is 0. The normalized spacial score (nSPS) is 9.61. The third-order valence-corrected chi connectivity index (χ3v) is 2.69. The Morgan fingerprint density at radius 1 is 1.22 bits per heavy atom. The summed E-state index contributed by atoms with van der Waals surface area (Å²) in [6.45, 7) is 0. The van der Waals surface area contributed by atoms with Crippen molar-refractivity contribution in [3.05, 3.63) is 47.0 Å². The molecule has 0 atom stereocenters. The van der Waals surface area contributed by atoms with E-state index in [1.54, 1.807) is 25.2 Å². The molecular weight excluding hydrogens is 248 g/mol. The van der Waals surface area contributed by atoms with Gasteiger partial charge in [-0.05, 0) is 30.3 Å². The molecule has 0 radical (unpaired) electrons. The van der Waals surface area contributed by atoms with Crippen LogP contribution in [0.3, 0.4) is 0 Å². The van der Waals surface area contributed by atoms with Gasteiger partial charge in [0.1, 0.15) is 11.6 Å². The zero-order valence-corrected chi connectivity index (χ0v) is 10.5. The van der Waals surface area contributed by atoms with Gasteiger partial charge in [0.05, 0.1) is 22.3 Å². The minimum atomic E-state index is 0.547. The van der Waals surface area contributed by atoms with Gasteiger partial charge in [-0.25, -0.2) is 4.98 Å². The van der Waals surface area contributed by atoms with E-state index < -0.39 is 0 Å². The smallest absolute Gasteiger partial charge is 0.132 e. The zero-order chi connectivity index (χ0) is 13.0. The maximum Gasteiger partial charge on any atom is 0.132 e. The standard InChI is InChI=1S/C13H11ClN4/c1-16-12-3-2-4-13(18-12)17-11-7-9(8-15)5-6-10(11)14/h2-7H,1H3,(H2,16,17,18). The number of rotatable bonds is 3. The van der Waals surface area contributed by atoms with E-state index in [0.29, 0.717) is 22.1 Å². The number of nitriles is 1. The van der Waals surface area contributed by atoms with Crippen LogP contribution in [-0.4, -0.2) is 12.0 Å². The zero-order valence-electron chi connectivity index (χ0n) is 9.74. The van der Waals surface area contributed by atoms with Gasteiger partial charge in [-0.15, -0.1) is 0 Å². The first-order valence-corrected chi connectivity index (χ1v) is 5.72. The molecule has 18 heavy (non-hydrogen) atoms. The molecule has 0 aliphatic heterocycles. The topological polar surface area (TPSA) is 60.7 Å². The van der Waals surface area contributed by atoms with Crippen molar-refractivity contribution in [2.75, 3.05) is 17.7 Å². The van der Waals surface area contributed by atoms with E-state index in [1.807, 2.05) is 18.2 Å². The van der Waals surface area contributed by atoms with Crippen molar-refractivity contribution in [1.29, 1.82) is 5.26 Å². The van der Waals surface area contributed by atoms with Crippen LogP contribution in [0.2, 0.25) is 5.02 Å². The molecule has 2 N–H and O–H groups in total. The Labute approximate surface area is 110 Å². The van der Waals surface area contributed by atoms with Crippen LogP contribution in [0.4, 0.5) is 17.3 Å². The van der Waals surface area contributed by atoms with Gasteiger partial charge in [0.2, 0.25) is 0 Å². The van der Waals surface area contributed by atoms with E-state index in [0.717, 1.165) is 5.82 Å².